The van der Waals surface area contributed by atoms with Crippen molar-refractivity contribution in [3.05, 3.63) is 71.0 Å². The van der Waals surface area contributed by atoms with Gasteiger partial charge in [-0.1, -0.05) is 12.1 Å². The number of hydrogen-bond donors (Lipinski definition) is 0. The van der Waals surface area contributed by atoms with E-state index in [1.807, 2.05) is 19.1 Å². The number of ketones is 1. The molecule has 2 rings (SSSR count). The minimum absolute atomic E-state index is 0.128. The van der Waals surface area contributed by atoms with Gasteiger partial charge in [-0.25, -0.2) is 4.39 Å². The highest BCUT2D eigenvalue weighted by molar-refractivity contribution is 6.06. The fourth-order valence-corrected chi connectivity index (χ4v) is 2.51. The zero-order valence-electron chi connectivity index (χ0n) is 13.8. The third-order valence-electron chi connectivity index (χ3n) is 3.92. The number of rotatable bonds is 6. The lowest BCUT2D eigenvalue weighted by Gasteiger charge is -2.21. The van der Waals surface area contributed by atoms with Crippen LogP contribution in [0.1, 0.15) is 35.3 Å². The molecule has 0 aliphatic carbocycles. The fraction of sp³-hybridized carbons (Fsp3) is 0.250. The molecule has 23 heavy (non-hydrogen) atoms. The third-order valence-corrected chi connectivity index (χ3v) is 3.92. The van der Waals surface area contributed by atoms with E-state index in [1.54, 1.807) is 0 Å². The summed E-state index contributed by atoms with van der Waals surface area (Å²) in [6, 6.07) is 11.8. The van der Waals surface area contributed by atoms with Gasteiger partial charge < -0.3 is 4.90 Å². The Morgan fingerprint density at radius 3 is 2.30 bits per heavy atom. The first kappa shape index (κ1) is 16.9. The number of allylic oxidation sites excluding steroid dienone is 1. The maximum atomic E-state index is 12.9. The molecule has 0 aliphatic heterocycles. The molecule has 120 valence electrons. The zero-order chi connectivity index (χ0) is 16.8. The normalized spacial score (nSPS) is 11.0. The summed E-state index contributed by atoms with van der Waals surface area (Å²) >= 11 is 0. The maximum Gasteiger partial charge on any atom is 0.185 e. The molecule has 0 unspecified atom stereocenters. The van der Waals surface area contributed by atoms with Crippen LogP contribution in [-0.2, 0) is 0 Å². The van der Waals surface area contributed by atoms with Gasteiger partial charge >= 0.3 is 0 Å². The molecule has 0 saturated carbocycles. The van der Waals surface area contributed by atoms with Crippen LogP contribution in [0.5, 0.6) is 0 Å². The highest BCUT2D eigenvalue weighted by Crippen LogP contribution is 2.20. The lowest BCUT2D eigenvalue weighted by atomic mass is 10.0. The van der Waals surface area contributed by atoms with Crippen molar-refractivity contribution < 1.29 is 9.18 Å². The molecule has 0 heterocycles. The lowest BCUT2D eigenvalue weighted by Crippen LogP contribution is -2.21. The van der Waals surface area contributed by atoms with E-state index in [4.69, 9.17) is 0 Å². The van der Waals surface area contributed by atoms with E-state index in [9.17, 15) is 9.18 Å². The second kappa shape index (κ2) is 7.73. The molecule has 0 saturated heterocycles. The minimum Gasteiger partial charge on any atom is -0.372 e. The monoisotopic (exact) mass is 311 g/mol. The van der Waals surface area contributed by atoms with E-state index >= 15 is 0 Å². The summed E-state index contributed by atoms with van der Waals surface area (Å²) in [6.07, 6.45) is 3.35. The second-order valence-corrected chi connectivity index (χ2v) is 5.42. The quantitative estimate of drug-likeness (QED) is 0.560. The van der Waals surface area contributed by atoms with Crippen molar-refractivity contribution >= 4 is 17.5 Å². The van der Waals surface area contributed by atoms with Crippen LogP contribution in [0.4, 0.5) is 10.1 Å². The van der Waals surface area contributed by atoms with Gasteiger partial charge in [0.25, 0.3) is 0 Å². The SMILES string of the molecule is CCN(CC)c1ccc(C=CC(=O)c2ccc(F)cc2)c(C)c1. The van der Waals surface area contributed by atoms with Crippen molar-refractivity contribution in [2.75, 3.05) is 18.0 Å². The number of carbonyl (C=O) groups is 1. The van der Waals surface area contributed by atoms with Gasteiger partial charge in [0.2, 0.25) is 0 Å². The van der Waals surface area contributed by atoms with Crippen LogP contribution in [0, 0.1) is 12.7 Å². The molecule has 0 amide bonds. The molecule has 0 aromatic heterocycles. The third kappa shape index (κ3) is 4.28. The van der Waals surface area contributed by atoms with Crippen molar-refractivity contribution in [1.29, 1.82) is 0 Å². The Bertz CT molecular complexity index is 700. The van der Waals surface area contributed by atoms with Crippen LogP contribution in [-0.4, -0.2) is 18.9 Å². The van der Waals surface area contributed by atoms with Crippen LogP contribution in [0.25, 0.3) is 6.08 Å². The van der Waals surface area contributed by atoms with Crippen molar-refractivity contribution in [3.63, 3.8) is 0 Å². The van der Waals surface area contributed by atoms with Gasteiger partial charge in [-0.3, -0.25) is 4.79 Å². The molecule has 0 spiro atoms. The molecule has 0 bridgehead atoms. The molecule has 0 N–H and O–H groups in total. The first-order valence-electron chi connectivity index (χ1n) is 7.88. The molecule has 0 atom stereocenters. The number of benzene rings is 2. The van der Waals surface area contributed by atoms with Crippen molar-refractivity contribution in [2.45, 2.75) is 20.8 Å². The fourth-order valence-electron chi connectivity index (χ4n) is 2.51. The predicted octanol–water partition coefficient (Wildman–Crippen LogP) is 4.88. The molecule has 2 aromatic carbocycles. The number of halogens is 1. The van der Waals surface area contributed by atoms with E-state index in [0.717, 1.165) is 24.2 Å². The van der Waals surface area contributed by atoms with Gasteiger partial charge in [0.15, 0.2) is 5.78 Å². The Hall–Kier alpha value is -2.42. The van der Waals surface area contributed by atoms with Crippen LogP contribution in [0.15, 0.2) is 48.5 Å². The summed E-state index contributed by atoms with van der Waals surface area (Å²) in [5.74, 6) is -0.467. The van der Waals surface area contributed by atoms with Crippen LogP contribution in [0.2, 0.25) is 0 Å². The van der Waals surface area contributed by atoms with Crippen molar-refractivity contribution in [2.24, 2.45) is 0 Å². The van der Waals surface area contributed by atoms with Crippen LogP contribution in [0.3, 0.4) is 0 Å². The van der Waals surface area contributed by atoms with Crippen molar-refractivity contribution in [1.82, 2.24) is 0 Å². The summed E-state index contributed by atoms with van der Waals surface area (Å²) in [5.41, 5.74) is 3.81. The number of hydrogen-bond acceptors (Lipinski definition) is 2. The van der Waals surface area contributed by atoms with Gasteiger partial charge in [-0.2, -0.15) is 0 Å². The molecular formula is C20H22FNO. The molecule has 2 nitrogen and oxygen atoms in total. The predicted molar refractivity (Wildman–Crippen MR) is 94.5 cm³/mol. The highest BCUT2D eigenvalue weighted by atomic mass is 19.1. The number of aryl methyl sites for hydroxylation is 1. The lowest BCUT2D eigenvalue weighted by molar-refractivity contribution is 0.104. The van der Waals surface area contributed by atoms with Crippen LogP contribution < -0.4 is 4.90 Å². The minimum atomic E-state index is -0.339. The molecule has 0 fully saturated rings. The van der Waals surface area contributed by atoms with E-state index < -0.39 is 0 Å². The van der Waals surface area contributed by atoms with E-state index in [1.165, 1.54) is 36.0 Å². The Balaban J connectivity index is 2.16. The number of nitrogens with zero attached hydrogens (tertiary/aromatic N) is 1. The second-order valence-electron chi connectivity index (χ2n) is 5.42. The zero-order valence-corrected chi connectivity index (χ0v) is 13.8. The van der Waals surface area contributed by atoms with Gasteiger partial charge in [0.1, 0.15) is 5.82 Å². The summed E-state index contributed by atoms with van der Waals surface area (Å²) in [7, 11) is 0. The molecule has 2 aromatic rings. The Kier molecular flexibility index (Phi) is 5.69. The summed E-state index contributed by atoms with van der Waals surface area (Å²) in [5, 5.41) is 0. The largest absolute Gasteiger partial charge is 0.372 e. The van der Waals surface area contributed by atoms with E-state index in [-0.39, 0.29) is 11.6 Å². The summed E-state index contributed by atoms with van der Waals surface area (Å²) < 4.78 is 12.9. The van der Waals surface area contributed by atoms with Gasteiger partial charge in [-0.05, 0) is 74.4 Å². The van der Waals surface area contributed by atoms with E-state index in [2.05, 4.69) is 30.9 Å². The average molecular weight is 311 g/mol. The first-order chi connectivity index (χ1) is 11.0. The Morgan fingerprint density at radius 1 is 1.09 bits per heavy atom. The summed E-state index contributed by atoms with van der Waals surface area (Å²) in [4.78, 5) is 14.4. The Morgan fingerprint density at radius 2 is 1.74 bits per heavy atom. The summed E-state index contributed by atoms with van der Waals surface area (Å²) in [6.45, 7) is 8.24. The molecular weight excluding hydrogens is 289 g/mol. The highest BCUT2D eigenvalue weighted by Gasteiger charge is 2.05. The number of anilines is 1. The standard InChI is InChI=1S/C20H22FNO/c1-4-22(5-2)19-12-8-16(15(3)14-19)9-13-20(23)17-6-10-18(21)11-7-17/h6-14H,4-5H2,1-3H3. The van der Waals surface area contributed by atoms with Gasteiger partial charge in [0, 0.05) is 24.3 Å². The Labute approximate surface area is 137 Å². The molecule has 3 heteroatoms. The smallest absolute Gasteiger partial charge is 0.185 e. The molecule has 0 radical (unpaired) electrons. The topological polar surface area (TPSA) is 20.3 Å². The average Bonchev–Trinajstić information content (AvgIpc) is 2.55. The molecule has 0 aliphatic rings. The van der Waals surface area contributed by atoms with Gasteiger partial charge in [-0.15, -0.1) is 0 Å². The maximum absolute atomic E-state index is 12.9. The van der Waals surface area contributed by atoms with Gasteiger partial charge in [0.05, 0.1) is 0 Å². The van der Waals surface area contributed by atoms with Crippen molar-refractivity contribution in [3.8, 4) is 0 Å². The first-order valence-corrected chi connectivity index (χ1v) is 7.88. The number of carbonyl (C=O) groups excluding carboxylic acids is 1. The van der Waals surface area contributed by atoms with E-state index in [0.29, 0.717) is 5.56 Å². The van der Waals surface area contributed by atoms with Crippen LogP contribution >= 0.6 is 0 Å².